The van der Waals surface area contributed by atoms with Gasteiger partial charge in [-0.1, -0.05) is 11.1 Å². The van der Waals surface area contributed by atoms with Crippen molar-refractivity contribution in [2.24, 2.45) is 0 Å². The maximum Gasteiger partial charge on any atom is 0.0436 e. The largest absolute Gasteiger partial charge is 0.122 e. The van der Waals surface area contributed by atoms with Gasteiger partial charge in [0.2, 0.25) is 0 Å². The number of rotatable bonds is 1. The van der Waals surface area contributed by atoms with Crippen LogP contribution in [0.1, 0.15) is 26.2 Å². The third-order valence-electron chi connectivity index (χ3n) is 1.80. The fourth-order valence-corrected chi connectivity index (χ4v) is 1.50. The Balaban J connectivity index is 2.58. The lowest BCUT2D eigenvalue weighted by molar-refractivity contribution is 0.893. The molecule has 0 heterocycles. The van der Waals surface area contributed by atoms with Gasteiger partial charge >= 0.3 is 0 Å². The van der Waals surface area contributed by atoms with E-state index in [1.807, 2.05) is 0 Å². The number of hydrogen-bond donors (Lipinski definition) is 0. The molecule has 46 valence electrons. The molecule has 0 amide bonds. The van der Waals surface area contributed by atoms with Gasteiger partial charge in [-0.25, -0.2) is 0 Å². The summed E-state index contributed by atoms with van der Waals surface area (Å²) >= 11 is 5.64. The average Bonchev–Trinajstić information content (AvgIpc) is 2.14. The Hall–Kier alpha value is 0.0300. The van der Waals surface area contributed by atoms with Crippen molar-refractivity contribution in [3.8, 4) is 0 Å². The van der Waals surface area contributed by atoms with Gasteiger partial charge in [-0.2, -0.15) is 0 Å². The summed E-state index contributed by atoms with van der Waals surface area (Å²) in [7, 11) is 0. The Bertz CT molecular complexity index is 114. The Morgan fingerprint density at radius 3 is 2.50 bits per heavy atom. The van der Waals surface area contributed by atoms with Crippen LogP contribution in [-0.4, -0.2) is 5.88 Å². The summed E-state index contributed by atoms with van der Waals surface area (Å²) in [5, 5.41) is 0. The minimum atomic E-state index is 0.756. The number of hydrogen-bond acceptors (Lipinski definition) is 0. The summed E-state index contributed by atoms with van der Waals surface area (Å²) in [6.07, 6.45) is 3.85. The van der Waals surface area contributed by atoms with Crippen LogP contribution in [0.3, 0.4) is 0 Å². The molecule has 1 heteroatoms. The molecule has 0 aromatic rings. The number of alkyl halides is 1. The van der Waals surface area contributed by atoms with Crippen LogP contribution in [0.15, 0.2) is 11.1 Å². The van der Waals surface area contributed by atoms with E-state index in [9.17, 15) is 0 Å². The molecular weight excluding hydrogens is 120 g/mol. The third kappa shape index (κ3) is 1.05. The molecule has 0 saturated heterocycles. The van der Waals surface area contributed by atoms with Crippen LogP contribution >= 0.6 is 11.6 Å². The molecule has 0 aromatic carbocycles. The van der Waals surface area contributed by atoms with Gasteiger partial charge in [0.1, 0.15) is 0 Å². The Kier molecular flexibility index (Phi) is 1.95. The summed E-state index contributed by atoms with van der Waals surface area (Å²) in [5.41, 5.74) is 3.01. The average molecular weight is 131 g/mol. The molecule has 0 radical (unpaired) electrons. The minimum absolute atomic E-state index is 0.756. The van der Waals surface area contributed by atoms with Crippen molar-refractivity contribution in [3.63, 3.8) is 0 Å². The molecule has 0 unspecified atom stereocenters. The molecule has 0 spiro atoms. The molecule has 0 nitrogen and oxygen atoms in total. The number of halogens is 1. The summed E-state index contributed by atoms with van der Waals surface area (Å²) in [6.45, 7) is 2.19. The highest BCUT2D eigenvalue weighted by atomic mass is 35.5. The Labute approximate surface area is 55.5 Å². The Morgan fingerprint density at radius 2 is 2.25 bits per heavy atom. The highest BCUT2D eigenvalue weighted by Gasteiger charge is 2.07. The quantitative estimate of drug-likeness (QED) is 0.378. The highest BCUT2D eigenvalue weighted by Crippen LogP contribution is 2.25. The molecule has 0 bridgehead atoms. The lowest BCUT2D eigenvalue weighted by Crippen LogP contribution is -1.78. The lowest BCUT2D eigenvalue weighted by atomic mass is 10.2. The van der Waals surface area contributed by atoms with Crippen LogP contribution in [0.5, 0.6) is 0 Å². The molecule has 0 saturated carbocycles. The van der Waals surface area contributed by atoms with Gasteiger partial charge in [0.25, 0.3) is 0 Å². The summed E-state index contributed by atoms with van der Waals surface area (Å²) in [4.78, 5) is 0. The molecule has 0 N–H and O–H groups in total. The number of allylic oxidation sites excluding steroid dienone is 2. The van der Waals surface area contributed by atoms with Crippen LogP contribution < -0.4 is 0 Å². The van der Waals surface area contributed by atoms with Crippen molar-refractivity contribution >= 4 is 11.6 Å². The van der Waals surface area contributed by atoms with E-state index < -0.39 is 0 Å². The molecule has 0 aromatic heterocycles. The van der Waals surface area contributed by atoms with Gasteiger partial charge in [-0.05, 0) is 26.2 Å². The van der Waals surface area contributed by atoms with Gasteiger partial charge in [0.05, 0.1) is 0 Å². The van der Waals surface area contributed by atoms with E-state index in [1.165, 1.54) is 30.4 Å². The van der Waals surface area contributed by atoms with E-state index >= 15 is 0 Å². The zero-order valence-corrected chi connectivity index (χ0v) is 5.96. The molecule has 0 aliphatic heterocycles. The second-order valence-electron chi connectivity index (χ2n) is 2.37. The smallest absolute Gasteiger partial charge is 0.0436 e. The van der Waals surface area contributed by atoms with E-state index in [-0.39, 0.29) is 0 Å². The molecule has 1 aliphatic carbocycles. The zero-order chi connectivity index (χ0) is 5.98. The predicted molar refractivity (Wildman–Crippen MR) is 37.3 cm³/mol. The normalized spacial score (nSPS) is 20.2. The first kappa shape index (κ1) is 6.15. The zero-order valence-electron chi connectivity index (χ0n) is 5.21. The van der Waals surface area contributed by atoms with Crippen molar-refractivity contribution in [1.82, 2.24) is 0 Å². The van der Waals surface area contributed by atoms with Crippen LogP contribution in [-0.2, 0) is 0 Å². The van der Waals surface area contributed by atoms with Gasteiger partial charge < -0.3 is 0 Å². The van der Waals surface area contributed by atoms with Gasteiger partial charge in [0.15, 0.2) is 0 Å². The van der Waals surface area contributed by atoms with Gasteiger partial charge in [0, 0.05) is 5.88 Å². The SMILES string of the molecule is CC1=C(CCl)CCC1. The van der Waals surface area contributed by atoms with E-state index in [2.05, 4.69) is 6.92 Å². The molecule has 0 fully saturated rings. The lowest BCUT2D eigenvalue weighted by Gasteiger charge is -1.93. The molecule has 8 heavy (non-hydrogen) atoms. The van der Waals surface area contributed by atoms with Crippen molar-refractivity contribution < 1.29 is 0 Å². The van der Waals surface area contributed by atoms with Crippen molar-refractivity contribution in [1.29, 1.82) is 0 Å². The summed E-state index contributed by atoms with van der Waals surface area (Å²) < 4.78 is 0. The molecule has 0 atom stereocenters. The minimum Gasteiger partial charge on any atom is -0.122 e. The summed E-state index contributed by atoms with van der Waals surface area (Å²) in [6, 6.07) is 0. The first-order valence-electron chi connectivity index (χ1n) is 3.08. The maximum absolute atomic E-state index is 5.64. The molecular formula is C7H11Cl. The van der Waals surface area contributed by atoms with Gasteiger partial charge in [-0.3, -0.25) is 0 Å². The Morgan fingerprint density at radius 1 is 1.50 bits per heavy atom. The van der Waals surface area contributed by atoms with E-state index in [4.69, 9.17) is 11.6 Å². The molecule has 1 rings (SSSR count). The predicted octanol–water partition coefficient (Wildman–Crippen LogP) is 2.73. The van der Waals surface area contributed by atoms with Crippen LogP contribution in [0.25, 0.3) is 0 Å². The first-order valence-corrected chi connectivity index (χ1v) is 3.61. The second kappa shape index (κ2) is 2.54. The van der Waals surface area contributed by atoms with E-state index in [0.717, 1.165) is 5.88 Å². The van der Waals surface area contributed by atoms with Crippen molar-refractivity contribution in [2.45, 2.75) is 26.2 Å². The fourth-order valence-electron chi connectivity index (χ4n) is 1.14. The second-order valence-corrected chi connectivity index (χ2v) is 2.64. The van der Waals surface area contributed by atoms with Gasteiger partial charge in [-0.15, -0.1) is 11.6 Å². The van der Waals surface area contributed by atoms with Crippen LogP contribution in [0.2, 0.25) is 0 Å². The van der Waals surface area contributed by atoms with E-state index in [0.29, 0.717) is 0 Å². The molecule has 1 aliphatic rings. The topological polar surface area (TPSA) is 0 Å². The van der Waals surface area contributed by atoms with E-state index in [1.54, 1.807) is 0 Å². The van der Waals surface area contributed by atoms with Crippen molar-refractivity contribution in [3.05, 3.63) is 11.1 Å². The standard InChI is InChI=1S/C7H11Cl/c1-6-3-2-4-7(6)5-8/h2-5H2,1H3. The first-order chi connectivity index (χ1) is 3.84. The highest BCUT2D eigenvalue weighted by molar-refractivity contribution is 6.19. The van der Waals surface area contributed by atoms with Crippen LogP contribution in [0.4, 0.5) is 0 Å². The summed E-state index contributed by atoms with van der Waals surface area (Å²) in [5.74, 6) is 0.756. The fraction of sp³-hybridized carbons (Fsp3) is 0.714. The monoisotopic (exact) mass is 130 g/mol. The maximum atomic E-state index is 5.64. The third-order valence-corrected chi connectivity index (χ3v) is 2.12. The van der Waals surface area contributed by atoms with Crippen molar-refractivity contribution in [2.75, 3.05) is 5.88 Å². The van der Waals surface area contributed by atoms with Crippen LogP contribution in [0, 0.1) is 0 Å².